The first-order valence-electron chi connectivity index (χ1n) is 21.2. The van der Waals surface area contributed by atoms with Gasteiger partial charge in [-0.05, 0) is 98.9 Å². The summed E-state index contributed by atoms with van der Waals surface area (Å²) in [6.07, 6.45) is 0.880. The number of nitrogens with zero attached hydrogens (tertiary/aromatic N) is 3. The van der Waals surface area contributed by atoms with Crippen molar-refractivity contribution in [3.63, 3.8) is 0 Å². The summed E-state index contributed by atoms with van der Waals surface area (Å²) in [7, 11) is -3.15. The molecule has 1 unspecified atom stereocenters. The number of aliphatic hydroxyl groups excluding tert-OH is 2. The van der Waals surface area contributed by atoms with Crippen molar-refractivity contribution in [2.45, 2.75) is 89.0 Å². The largest absolute Gasteiger partial charge is 0.494 e. The van der Waals surface area contributed by atoms with Crippen molar-refractivity contribution in [1.82, 2.24) is 10.2 Å². The van der Waals surface area contributed by atoms with Crippen LogP contribution in [0.5, 0.6) is 5.75 Å². The molecule has 12 nitrogen and oxygen atoms in total. The molecule has 1 spiro atoms. The van der Waals surface area contributed by atoms with Crippen LogP contribution < -0.4 is 19.9 Å². The minimum Gasteiger partial charge on any atom is -0.494 e. The summed E-state index contributed by atoms with van der Waals surface area (Å²) in [4.78, 5) is 61.2. The number of rotatable bonds is 17. The number of amides is 3. The first-order valence-corrected chi connectivity index (χ1v) is 24.2. The maximum atomic E-state index is 15.3. The van der Waals surface area contributed by atoms with Crippen LogP contribution >= 0.6 is 0 Å². The summed E-state index contributed by atoms with van der Waals surface area (Å²) in [5, 5.41) is 22.8. The number of nitrogens with one attached hydrogen (secondary N) is 1. The van der Waals surface area contributed by atoms with E-state index in [0.29, 0.717) is 67.3 Å². The number of aliphatic hydroxyl groups is 2. The highest BCUT2D eigenvalue weighted by molar-refractivity contribution is 6.71. The van der Waals surface area contributed by atoms with Crippen molar-refractivity contribution in [2.75, 3.05) is 42.7 Å². The molecule has 5 atom stereocenters. The molecule has 60 heavy (non-hydrogen) atoms. The van der Waals surface area contributed by atoms with Gasteiger partial charge in [0, 0.05) is 42.4 Å². The van der Waals surface area contributed by atoms with Gasteiger partial charge in [-0.1, -0.05) is 67.6 Å². The van der Waals surface area contributed by atoms with Gasteiger partial charge in [0.25, 0.3) is 5.91 Å². The molecule has 0 aliphatic carbocycles. The van der Waals surface area contributed by atoms with E-state index < -0.39 is 37.5 Å². The Bertz CT molecular complexity index is 2150. The first-order chi connectivity index (χ1) is 28.9. The Labute approximate surface area is 353 Å². The summed E-state index contributed by atoms with van der Waals surface area (Å²) in [5.74, 6) is -0.523. The molecule has 1 saturated heterocycles. The zero-order valence-corrected chi connectivity index (χ0v) is 36.0. The van der Waals surface area contributed by atoms with Crippen LogP contribution in [0.3, 0.4) is 0 Å². The van der Waals surface area contributed by atoms with Crippen LogP contribution in [-0.2, 0) is 44.2 Å². The van der Waals surface area contributed by atoms with Crippen molar-refractivity contribution in [3.05, 3.63) is 119 Å². The number of hydrogen-bond acceptors (Lipinski definition) is 9. The van der Waals surface area contributed by atoms with Crippen LogP contribution in [0.4, 0.5) is 17.1 Å². The fourth-order valence-corrected chi connectivity index (χ4v) is 12.1. The van der Waals surface area contributed by atoms with Crippen LogP contribution in [0.2, 0.25) is 18.6 Å². The molecule has 4 aromatic carbocycles. The van der Waals surface area contributed by atoms with Crippen LogP contribution in [-0.4, -0.2) is 91.0 Å². The molecule has 4 aromatic rings. The smallest absolute Gasteiger partial charge is 0.264 e. The predicted octanol–water partition coefficient (Wildman–Crippen LogP) is 5.79. The zero-order valence-electron chi connectivity index (χ0n) is 35.0. The van der Waals surface area contributed by atoms with Crippen molar-refractivity contribution >= 4 is 43.1 Å². The monoisotopic (exact) mass is 834 g/mol. The SMILES string of the molecule is CCOc1ccc2c(c1)CC(NCCCCO)C(=O)N2c1ccc2c(c1)[C@]1(O[C@@H](CC(=O)N(CCO)Cc3ccccc3)[C@H]([Si](C)(C)O)[C@H]1C)C(=O)N2Cc1ccccc1. The Morgan fingerprint density at radius 2 is 1.63 bits per heavy atom. The molecule has 4 N–H and O–H groups in total. The van der Waals surface area contributed by atoms with Gasteiger partial charge in [-0.25, -0.2) is 0 Å². The van der Waals surface area contributed by atoms with Gasteiger partial charge in [-0.2, -0.15) is 0 Å². The average Bonchev–Trinajstić information content (AvgIpc) is 3.65. The second-order valence-corrected chi connectivity index (χ2v) is 20.7. The van der Waals surface area contributed by atoms with Crippen LogP contribution in [0.15, 0.2) is 97.1 Å². The standard InChI is InChI=1S/C47H58N4O8Si/c1-5-58-37-19-21-40-35(26-37)27-39(48-22-12-13-24-52)45(55)51(40)36-18-20-41-38(28-36)47(46(56)50(41)31-34-16-10-7-11-17-34)32(2)44(60(3,4)57)42(59-47)29-43(54)49(23-25-53)30-33-14-8-6-9-15-33/h6-11,14-21,26,28,32,39,42,44,48,52-53,57H,5,12-13,22-25,27,29-31H2,1-4H3/t32-,39?,42+,44-,47+/m1/s1. The number of fused-ring (bicyclic) bond motifs is 3. The fourth-order valence-electron chi connectivity index (χ4n) is 9.57. The van der Waals surface area contributed by atoms with E-state index in [2.05, 4.69) is 5.32 Å². The van der Waals surface area contributed by atoms with E-state index in [1.807, 2.05) is 124 Å². The van der Waals surface area contributed by atoms with E-state index in [4.69, 9.17) is 9.47 Å². The predicted molar refractivity (Wildman–Crippen MR) is 233 cm³/mol. The van der Waals surface area contributed by atoms with E-state index in [9.17, 15) is 24.6 Å². The number of ether oxygens (including phenoxy) is 2. The highest BCUT2D eigenvalue weighted by Crippen LogP contribution is 2.60. The van der Waals surface area contributed by atoms with Gasteiger partial charge in [0.15, 0.2) is 13.9 Å². The lowest BCUT2D eigenvalue weighted by Crippen LogP contribution is -2.49. The number of carbonyl (C=O) groups excluding carboxylic acids is 3. The van der Waals surface area contributed by atoms with Gasteiger partial charge in [0.2, 0.25) is 11.8 Å². The Morgan fingerprint density at radius 3 is 2.30 bits per heavy atom. The van der Waals surface area contributed by atoms with Crippen molar-refractivity contribution in [1.29, 1.82) is 0 Å². The summed E-state index contributed by atoms with van der Waals surface area (Å²) in [6, 6.07) is 30.1. The summed E-state index contributed by atoms with van der Waals surface area (Å²) < 4.78 is 13.0. The molecule has 0 saturated carbocycles. The minimum absolute atomic E-state index is 0.0742. The van der Waals surface area contributed by atoms with Crippen molar-refractivity contribution in [2.24, 2.45) is 5.92 Å². The third-order valence-corrected chi connectivity index (χ3v) is 14.7. The fraction of sp³-hybridized carbons (Fsp3) is 0.426. The minimum atomic E-state index is -3.15. The van der Waals surface area contributed by atoms with E-state index in [1.54, 1.807) is 14.7 Å². The third-order valence-electron chi connectivity index (χ3n) is 12.2. The van der Waals surface area contributed by atoms with E-state index in [0.717, 1.165) is 16.7 Å². The molecule has 318 valence electrons. The van der Waals surface area contributed by atoms with E-state index in [1.165, 1.54) is 0 Å². The normalized spacial score (nSPS) is 22.3. The first kappa shape index (κ1) is 43.2. The van der Waals surface area contributed by atoms with Crippen LogP contribution in [0, 0.1) is 5.92 Å². The second-order valence-electron chi connectivity index (χ2n) is 16.7. The van der Waals surface area contributed by atoms with Gasteiger partial charge < -0.3 is 39.6 Å². The zero-order chi connectivity index (χ0) is 42.6. The molecular weight excluding hydrogens is 777 g/mol. The molecule has 3 heterocycles. The van der Waals surface area contributed by atoms with Crippen LogP contribution in [0.1, 0.15) is 55.4 Å². The summed E-state index contributed by atoms with van der Waals surface area (Å²) in [5.41, 5.74) is 3.17. The average molecular weight is 835 g/mol. The number of unbranched alkanes of at least 4 members (excludes halogenated alkanes) is 1. The third kappa shape index (κ3) is 8.52. The molecule has 7 rings (SSSR count). The van der Waals surface area contributed by atoms with Gasteiger partial charge >= 0.3 is 0 Å². The molecular formula is C47H58N4O8Si. The number of anilines is 3. The Hall–Kier alpha value is -4.89. The summed E-state index contributed by atoms with van der Waals surface area (Å²) >= 11 is 0. The Morgan fingerprint density at radius 1 is 0.933 bits per heavy atom. The highest BCUT2D eigenvalue weighted by Gasteiger charge is 2.66. The lowest BCUT2D eigenvalue weighted by Gasteiger charge is -2.36. The quantitative estimate of drug-likeness (QED) is 0.0766. The second kappa shape index (κ2) is 18.4. The van der Waals surface area contributed by atoms with E-state index >= 15 is 4.79 Å². The molecule has 0 bridgehead atoms. The molecule has 3 aliphatic rings. The van der Waals surface area contributed by atoms with Gasteiger partial charge in [0.05, 0.1) is 49.7 Å². The van der Waals surface area contributed by atoms with E-state index in [-0.39, 0.29) is 50.4 Å². The van der Waals surface area contributed by atoms with Crippen molar-refractivity contribution in [3.8, 4) is 5.75 Å². The van der Waals surface area contributed by atoms with Crippen molar-refractivity contribution < 1.29 is 38.9 Å². The molecule has 3 aliphatic heterocycles. The van der Waals surface area contributed by atoms with Crippen LogP contribution in [0.25, 0.3) is 0 Å². The molecule has 3 amide bonds. The van der Waals surface area contributed by atoms with Gasteiger partial charge in [-0.15, -0.1) is 0 Å². The number of benzene rings is 4. The maximum Gasteiger partial charge on any atom is 0.264 e. The lowest BCUT2D eigenvalue weighted by atomic mass is 9.82. The van der Waals surface area contributed by atoms with Gasteiger partial charge in [-0.3, -0.25) is 19.3 Å². The molecule has 1 fully saturated rings. The lowest BCUT2D eigenvalue weighted by molar-refractivity contribution is -0.150. The number of carbonyl (C=O) groups is 3. The molecule has 13 heteroatoms. The number of hydrogen-bond donors (Lipinski definition) is 4. The Kier molecular flexibility index (Phi) is 13.2. The van der Waals surface area contributed by atoms with Gasteiger partial charge in [0.1, 0.15) is 5.75 Å². The maximum absolute atomic E-state index is 15.3. The molecule has 0 aromatic heterocycles. The summed E-state index contributed by atoms with van der Waals surface area (Å²) in [6.45, 7) is 9.12. The topological polar surface area (TPSA) is 152 Å². The highest BCUT2D eigenvalue weighted by atomic mass is 28.4. The Balaban J connectivity index is 1.32. The molecule has 0 radical (unpaired) electrons.